The Morgan fingerprint density at radius 3 is 2.60 bits per heavy atom. The predicted molar refractivity (Wildman–Crippen MR) is 79.1 cm³/mol. The van der Waals surface area contributed by atoms with Crippen molar-refractivity contribution in [2.45, 2.75) is 19.9 Å². The van der Waals surface area contributed by atoms with E-state index < -0.39 is 17.9 Å². The first-order valence-electron chi connectivity index (χ1n) is 5.91. The lowest BCUT2D eigenvalue weighted by Gasteiger charge is -2.18. The van der Waals surface area contributed by atoms with Crippen LogP contribution < -0.4 is 10.1 Å². The van der Waals surface area contributed by atoms with Crippen molar-refractivity contribution in [2.24, 2.45) is 5.92 Å². The maximum atomic E-state index is 11.7. The number of ether oxygens (including phenoxy) is 1. The molecule has 7 heteroatoms. The summed E-state index contributed by atoms with van der Waals surface area (Å²) in [5.74, 6) is -1.44. The molecule has 1 amide bonds. The number of carbonyl (C=O) groups excluding carboxylic acids is 1. The summed E-state index contributed by atoms with van der Waals surface area (Å²) in [5, 5.41) is 11.7. The van der Waals surface area contributed by atoms with E-state index in [2.05, 4.69) is 21.2 Å². The van der Waals surface area contributed by atoms with Gasteiger partial charge in [-0.05, 0) is 24.1 Å². The Hall–Kier alpha value is -1.27. The van der Waals surface area contributed by atoms with E-state index in [1.165, 1.54) is 0 Å². The minimum Gasteiger partial charge on any atom is -0.482 e. The van der Waals surface area contributed by atoms with E-state index in [0.29, 0.717) is 10.8 Å². The van der Waals surface area contributed by atoms with Crippen molar-refractivity contribution in [3.8, 4) is 5.75 Å². The molecule has 0 aliphatic heterocycles. The van der Waals surface area contributed by atoms with Crippen LogP contribution in [0, 0.1) is 5.92 Å². The molecule has 0 spiro atoms. The third kappa shape index (κ3) is 5.02. The van der Waals surface area contributed by atoms with Crippen molar-refractivity contribution in [1.82, 2.24) is 5.32 Å². The number of hydrogen-bond acceptors (Lipinski definition) is 3. The first kappa shape index (κ1) is 16.8. The molecular weight excluding hydrogens is 350 g/mol. The third-order valence-corrected chi connectivity index (χ3v) is 3.29. The zero-order chi connectivity index (χ0) is 15.3. The van der Waals surface area contributed by atoms with Gasteiger partial charge in [0, 0.05) is 4.47 Å². The summed E-state index contributed by atoms with van der Waals surface area (Å²) in [5.41, 5.74) is 0. The zero-order valence-electron chi connectivity index (χ0n) is 11.0. The Labute approximate surface area is 130 Å². The fourth-order valence-electron chi connectivity index (χ4n) is 1.46. The van der Waals surface area contributed by atoms with Gasteiger partial charge in [0.2, 0.25) is 0 Å². The molecule has 0 saturated heterocycles. The van der Waals surface area contributed by atoms with Crippen molar-refractivity contribution in [1.29, 1.82) is 0 Å². The molecule has 0 unspecified atom stereocenters. The number of benzene rings is 1. The average Bonchev–Trinajstić information content (AvgIpc) is 2.34. The molecule has 0 radical (unpaired) electrons. The quantitative estimate of drug-likeness (QED) is 0.814. The van der Waals surface area contributed by atoms with E-state index in [1.54, 1.807) is 32.0 Å². The molecule has 0 saturated carbocycles. The molecule has 1 aromatic carbocycles. The van der Waals surface area contributed by atoms with Crippen LogP contribution in [0.25, 0.3) is 0 Å². The minimum atomic E-state index is -1.07. The van der Waals surface area contributed by atoms with E-state index in [1.807, 2.05) is 0 Å². The van der Waals surface area contributed by atoms with Crippen molar-refractivity contribution in [3.63, 3.8) is 0 Å². The van der Waals surface area contributed by atoms with Gasteiger partial charge >= 0.3 is 5.97 Å². The van der Waals surface area contributed by atoms with Gasteiger partial charge < -0.3 is 15.2 Å². The lowest BCUT2D eigenvalue weighted by molar-refractivity contribution is -0.143. The van der Waals surface area contributed by atoms with E-state index in [4.69, 9.17) is 21.4 Å². The van der Waals surface area contributed by atoms with Gasteiger partial charge in [-0.25, -0.2) is 4.79 Å². The number of hydrogen-bond donors (Lipinski definition) is 2. The number of amides is 1. The normalized spacial score (nSPS) is 12.1. The van der Waals surface area contributed by atoms with Gasteiger partial charge in [-0.1, -0.05) is 41.4 Å². The molecule has 5 nitrogen and oxygen atoms in total. The molecule has 20 heavy (non-hydrogen) atoms. The second-order valence-electron chi connectivity index (χ2n) is 4.49. The number of rotatable bonds is 6. The molecule has 1 atom stereocenters. The number of halogens is 2. The van der Waals surface area contributed by atoms with Gasteiger partial charge in [0.15, 0.2) is 6.61 Å². The number of carboxylic acids is 1. The first-order valence-corrected chi connectivity index (χ1v) is 7.08. The molecule has 0 aliphatic carbocycles. The number of carboxylic acid groups (broad SMARTS) is 1. The summed E-state index contributed by atoms with van der Waals surface area (Å²) in [6, 6.07) is 4.05. The maximum absolute atomic E-state index is 11.7. The Balaban J connectivity index is 2.57. The molecule has 0 bridgehead atoms. The molecule has 1 aromatic rings. The Morgan fingerprint density at radius 2 is 2.10 bits per heavy atom. The minimum absolute atomic E-state index is 0.215. The Bertz CT molecular complexity index is 507. The molecule has 0 aliphatic rings. The summed E-state index contributed by atoms with van der Waals surface area (Å²) in [7, 11) is 0. The highest BCUT2D eigenvalue weighted by atomic mass is 79.9. The lowest BCUT2D eigenvalue weighted by Crippen LogP contribution is -2.46. The van der Waals surface area contributed by atoms with E-state index in [9.17, 15) is 9.59 Å². The van der Waals surface area contributed by atoms with Gasteiger partial charge in [0.1, 0.15) is 11.8 Å². The Morgan fingerprint density at radius 1 is 1.45 bits per heavy atom. The van der Waals surface area contributed by atoms with E-state index in [0.717, 1.165) is 4.47 Å². The van der Waals surface area contributed by atoms with Crippen LogP contribution >= 0.6 is 27.5 Å². The van der Waals surface area contributed by atoms with Gasteiger partial charge in [-0.15, -0.1) is 0 Å². The van der Waals surface area contributed by atoms with Crippen LogP contribution in [0.2, 0.25) is 5.02 Å². The predicted octanol–water partition coefficient (Wildman–Crippen LogP) is 2.71. The SMILES string of the molecule is CC(C)[C@@H](NC(=O)COc1ccc(Br)cc1Cl)C(=O)O. The lowest BCUT2D eigenvalue weighted by atomic mass is 10.1. The van der Waals surface area contributed by atoms with Crippen molar-refractivity contribution in [3.05, 3.63) is 27.7 Å². The largest absolute Gasteiger partial charge is 0.482 e. The summed E-state index contributed by atoms with van der Waals surface area (Å²) < 4.78 is 6.05. The van der Waals surface area contributed by atoms with Gasteiger partial charge in [0.25, 0.3) is 5.91 Å². The van der Waals surface area contributed by atoms with E-state index in [-0.39, 0.29) is 12.5 Å². The van der Waals surface area contributed by atoms with Crippen LogP contribution in [-0.2, 0) is 9.59 Å². The van der Waals surface area contributed by atoms with Gasteiger partial charge in [-0.2, -0.15) is 0 Å². The van der Waals surface area contributed by atoms with Crippen molar-refractivity contribution in [2.75, 3.05) is 6.61 Å². The molecule has 0 heterocycles. The standard InChI is InChI=1S/C13H15BrClNO4/c1-7(2)12(13(18)19)16-11(17)6-20-10-4-3-8(14)5-9(10)15/h3-5,7,12H,6H2,1-2H3,(H,16,17)(H,18,19)/t12-/m1/s1. The van der Waals surface area contributed by atoms with Gasteiger partial charge in [0.05, 0.1) is 5.02 Å². The van der Waals surface area contributed by atoms with Crippen LogP contribution in [0.1, 0.15) is 13.8 Å². The van der Waals surface area contributed by atoms with E-state index >= 15 is 0 Å². The second-order valence-corrected chi connectivity index (χ2v) is 5.81. The zero-order valence-corrected chi connectivity index (χ0v) is 13.4. The number of carbonyl (C=O) groups is 2. The fourth-order valence-corrected chi connectivity index (χ4v) is 2.19. The fraction of sp³-hybridized carbons (Fsp3) is 0.385. The molecule has 0 fully saturated rings. The van der Waals surface area contributed by atoms with Crippen LogP contribution in [0.5, 0.6) is 5.75 Å². The second kappa shape index (κ2) is 7.50. The first-order chi connectivity index (χ1) is 9.31. The highest BCUT2D eigenvalue weighted by Gasteiger charge is 2.23. The van der Waals surface area contributed by atoms with Crippen LogP contribution in [0.4, 0.5) is 0 Å². The summed E-state index contributed by atoms with van der Waals surface area (Å²) >= 11 is 9.20. The maximum Gasteiger partial charge on any atom is 0.326 e. The van der Waals surface area contributed by atoms with Gasteiger partial charge in [-0.3, -0.25) is 4.79 Å². The highest BCUT2D eigenvalue weighted by molar-refractivity contribution is 9.10. The highest BCUT2D eigenvalue weighted by Crippen LogP contribution is 2.27. The molecule has 110 valence electrons. The Kier molecular flexibility index (Phi) is 6.29. The topological polar surface area (TPSA) is 75.6 Å². The van der Waals surface area contributed by atoms with Crippen molar-refractivity contribution < 1.29 is 19.4 Å². The smallest absolute Gasteiger partial charge is 0.326 e. The molecule has 2 N–H and O–H groups in total. The average molecular weight is 365 g/mol. The monoisotopic (exact) mass is 363 g/mol. The molecule has 1 rings (SSSR count). The summed E-state index contributed by atoms with van der Waals surface area (Å²) in [4.78, 5) is 22.6. The summed E-state index contributed by atoms with van der Waals surface area (Å²) in [6.45, 7) is 3.13. The van der Waals surface area contributed by atoms with Crippen molar-refractivity contribution >= 4 is 39.4 Å². The molecular formula is C13H15BrClNO4. The van der Waals surface area contributed by atoms with Crippen LogP contribution in [-0.4, -0.2) is 29.6 Å². The summed E-state index contributed by atoms with van der Waals surface area (Å²) in [6.07, 6.45) is 0. The third-order valence-electron chi connectivity index (χ3n) is 2.50. The molecule has 0 aromatic heterocycles. The van der Waals surface area contributed by atoms with Crippen LogP contribution in [0.3, 0.4) is 0 Å². The van der Waals surface area contributed by atoms with Crippen LogP contribution in [0.15, 0.2) is 22.7 Å². The number of nitrogens with one attached hydrogen (secondary N) is 1. The number of aliphatic carboxylic acids is 1.